The van der Waals surface area contributed by atoms with Gasteiger partial charge in [-0.05, 0) is 41.0 Å². The maximum absolute atomic E-state index is 15.9. The summed E-state index contributed by atoms with van der Waals surface area (Å²) in [5.41, 5.74) is -0.612. The third-order valence-electron chi connectivity index (χ3n) is 8.42. The molecule has 3 aromatic rings. The second-order valence-corrected chi connectivity index (χ2v) is 13.1. The summed E-state index contributed by atoms with van der Waals surface area (Å²) < 4.78 is 79.2. The lowest BCUT2D eigenvalue weighted by Crippen LogP contribution is -2.50. The van der Waals surface area contributed by atoms with Crippen molar-refractivity contribution >= 4 is 22.6 Å². The number of nitrogens with zero attached hydrogens (tertiary/aromatic N) is 6. The van der Waals surface area contributed by atoms with Crippen molar-refractivity contribution < 1.29 is 31.3 Å². The number of benzene rings is 2. The molecule has 0 N–H and O–H groups in total. The number of anilines is 1. The lowest BCUT2D eigenvalue weighted by atomic mass is 9.74. The number of hydrogen-bond acceptors (Lipinski definition) is 6. The Morgan fingerprint density at radius 3 is 2.33 bits per heavy atom. The molecule has 45 heavy (non-hydrogen) atoms. The second kappa shape index (κ2) is 13.3. The van der Waals surface area contributed by atoms with Crippen molar-refractivity contribution in [2.24, 2.45) is 7.05 Å². The predicted molar refractivity (Wildman–Crippen MR) is 163 cm³/mol. The Hall–Kier alpha value is -3.20. The first-order chi connectivity index (χ1) is 21.4. The molecular weight excluding hydrogens is 612 g/mol. The van der Waals surface area contributed by atoms with Crippen LogP contribution in [0.15, 0.2) is 42.7 Å². The Morgan fingerprint density at radius 1 is 1.09 bits per heavy atom. The molecule has 3 aliphatic rings. The average Bonchev–Trinajstić information content (AvgIpc) is 3.55. The summed E-state index contributed by atoms with van der Waals surface area (Å²) in [4.78, 5) is 16.9. The molecule has 6 rings (SSSR count). The highest BCUT2D eigenvalue weighted by Crippen LogP contribution is 2.47. The van der Waals surface area contributed by atoms with Crippen molar-refractivity contribution in [1.29, 1.82) is 0 Å². The molecular formula is C31H38F4N6O3S. The van der Waals surface area contributed by atoms with Crippen LogP contribution >= 0.6 is 0 Å². The van der Waals surface area contributed by atoms with E-state index in [4.69, 9.17) is 4.74 Å². The largest absolute Gasteiger partial charge is 0.416 e. The summed E-state index contributed by atoms with van der Waals surface area (Å²) in [6.07, 6.45) is -1.93. The van der Waals surface area contributed by atoms with Gasteiger partial charge in [-0.15, -0.1) is 10.2 Å². The molecule has 4 heterocycles. The number of aryl methyl sites for hydroxylation is 1. The van der Waals surface area contributed by atoms with Crippen molar-refractivity contribution in [3.05, 3.63) is 76.4 Å². The van der Waals surface area contributed by atoms with Gasteiger partial charge in [0.2, 0.25) is 0 Å². The Labute approximate surface area is 262 Å². The van der Waals surface area contributed by atoms with Gasteiger partial charge < -0.3 is 14.2 Å². The van der Waals surface area contributed by atoms with E-state index in [0.717, 1.165) is 6.07 Å². The summed E-state index contributed by atoms with van der Waals surface area (Å²) in [5, 5.41) is 7.69. The van der Waals surface area contributed by atoms with Crippen LogP contribution in [0.1, 0.15) is 64.9 Å². The number of fused-ring (bicyclic) bond motifs is 1. The third-order valence-corrected chi connectivity index (χ3v) is 9.51. The molecule has 0 radical (unpaired) electrons. The minimum Gasteiger partial charge on any atom is -0.379 e. The van der Waals surface area contributed by atoms with Crippen molar-refractivity contribution in [2.45, 2.75) is 51.1 Å². The van der Waals surface area contributed by atoms with Crippen LogP contribution < -0.4 is 4.90 Å². The number of aromatic nitrogens is 3. The monoisotopic (exact) mass is 650 g/mol. The number of hydrogen-bond donors (Lipinski definition) is 0. The van der Waals surface area contributed by atoms with E-state index in [0.29, 0.717) is 43.0 Å². The average molecular weight is 651 g/mol. The van der Waals surface area contributed by atoms with E-state index in [1.165, 1.54) is 22.2 Å². The molecule has 14 heteroatoms. The van der Waals surface area contributed by atoms with E-state index < -0.39 is 40.2 Å². The van der Waals surface area contributed by atoms with Crippen LogP contribution in [0.2, 0.25) is 0 Å². The van der Waals surface area contributed by atoms with Crippen LogP contribution in [0.3, 0.4) is 0 Å². The van der Waals surface area contributed by atoms with E-state index in [1.54, 1.807) is 43.6 Å². The molecule has 244 valence electrons. The van der Waals surface area contributed by atoms with Crippen LogP contribution in [0, 0.1) is 0 Å². The SMILES string of the molecule is CCC.Cn1cnnc1[C@H](F)C1(c2cccc(N3Cc4c(cc(CN5CCN(S(C)=O)CC5)cc4C(F)(F)F)C3=O)c2)COC1. The van der Waals surface area contributed by atoms with Crippen LogP contribution in [-0.4, -0.2) is 79.7 Å². The molecule has 0 spiro atoms. The molecule has 2 atom stereocenters. The molecule has 2 saturated heterocycles. The van der Waals surface area contributed by atoms with Crippen molar-refractivity contribution in [3.63, 3.8) is 0 Å². The molecule has 0 aliphatic carbocycles. The Balaban J connectivity index is 0.00000128. The number of ether oxygens (including phenoxy) is 1. The first kappa shape index (κ1) is 33.2. The van der Waals surface area contributed by atoms with E-state index >= 15 is 4.39 Å². The fraction of sp³-hybridized carbons (Fsp3) is 0.516. The van der Waals surface area contributed by atoms with Crippen molar-refractivity contribution in [2.75, 3.05) is 50.5 Å². The van der Waals surface area contributed by atoms with Gasteiger partial charge in [-0.3, -0.25) is 9.69 Å². The van der Waals surface area contributed by atoms with E-state index in [1.807, 2.05) is 9.21 Å². The molecule has 1 aromatic heterocycles. The Morgan fingerprint density at radius 2 is 1.78 bits per heavy atom. The third kappa shape index (κ3) is 6.56. The second-order valence-electron chi connectivity index (χ2n) is 11.8. The molecule has 2 aromatic carbocycles. The summed E-state index contributed by atoms with van der Waals surface area (Å²) in [5.74, 6) is -0.398. The van der Waals surface area contributed by atoms with Gasteiger partial charge in [-0.25, -0.2) is 12.9 Å². The van der Waals surface area contributed by atoms with Crippen LogP contribution in [0.25, 0.3) is 0 Å². The topological polar surface area (TPSA) is 83.8 Å². The molecule has 2 fully saturated rings. The summed E-state index contributed by atoms with van der Waals surface area (Å²) in [7, 11) is 0.545. The summed E-state index contributed by atoms with van der Waals surface area (Å²) >= 11 is 0. The minimum atomic E-state index is -4.65. The molecule has 1 amide bonds. The van der Waals surface area contributed by atoms with Crippen LogP contribution in [0.5, 0.6) is 0 Å². The highest BCUT2D eigenvalue weighted by Gasteiger charge is 2.51. The lowest BCUT2D eigenvalue weighted by molar-refractivity contribution is -0.138. The Kier molecular flexibility index (Phi) is 9.78. The summed E-state index contributed by atoms with van der Waals surface area (Å²) in [6.45, 7) is 6.62. The fourth-order valence-electron chi connectivity index (χ4n) is 5.96. The zero-order chi connectivity index (χ0) is 32.5. The first-order valence-electron chi connectivity index (χ1n) is 14.9. The van der Waals surface area contributed by atoms with E-state index in [9.17, 15) is 22.2 Å². The quantitative estimate of drug-likeness (QED) is 0.342. The van der Waals surface area contributed by atoms with Crippen molar-refractivity contribution in [1.82, 2.24) is 24.0 Å². The standard InChI is InChI=1S/C28H30F4N6O3S.C3H8/c1-35-17-33-34-25(35)24(29)27(15-41-16-27)19-4-3-5-20(12-19)38-14-22-21(26(38)39)10-18(11-23(22)28(30,31)32)13-36-6-8-37(9-7-36)42(2)40;1-3-2/h3-5,10-12,17,24H,6-9,13-16H2,1-2H3;3H2,1-2H3/t24-,42?;/m0./s1. The molecule has 0 bridgehead atoms. The fourth-order valence-corrected chi connectivity index (χ4v) is 6.63. The number of amides is 1. The predicted octanol–water partition coefficient (Wildman–Crippen LogP) is 4.80. The molecule has 3 aliphatic heterocycles. The maximum atomic E-state index is 15.9. The van der Waals surface area contributed by atoms with E-state index in [-0.39, 0.29) is 43.3 Å². The zero-order valence-electron chi connectivity index (χ0n) is 25.8. The van der Waals surface area contributed by atoms with Gasteiger partial charge >= 0.3 is 6.18 Å². The normalized spacial score (nSPS) is 19.8. The molecule has 0 saturated carbocycles. The highest BCUT2D eigenvalue weighted by atomic mass is 32.2. The van der Waals surface area contributed by atoms with Crippen molar-refractivity contribution in [3.8, 4) is 0 Å². The maximum Gasteiger partial charge on any atom is 0.416 e. The summed E-state index contributed by atoms with van der Waals surface area (Å²) in [6, 6.07) is 9.38. The number of rotatable bonds is 7. The number of piperazine rings is 1. The number of halogens is 4. The van der Waals surface area contributed by atoms with E-state index in [2.05, 4.69) is 24.0 Å². The number of alkyl halides is 4. The van der Waals surface area contributed by atoms with Gasteiger partial charge in [-0.1, -0.05) is 32.4 Å². The van der Waals surface area contributed by atoms with Gasteiger partial charge in [0, 0.05) is 57.3 Å². The smallest absolute Gasteiger partial charge is 0.379 e. The highest BCUT2D eigenvalue weighted by molar-refractivity contribution is 7.81. The molecule has 9 nitrogen and oxygen atoms in total. The van der Waals surface area contributed by atoms with Gasteiger partial charge in [0.05, 0.1) is 41.7 Å². The van der Waals surface area contributed by atoms with Gasteiger partial charge in [0.1, 0.15) is 6.33 Å². The first-order valence-corrected chi connectivity index (χ1v) is 16.4. The molecule has 1 unspecified atom stereocenters. The van der Waals surface area contributed by atoms with Crippen LogP contribution in [-0.2, 0) is 47.5 Å². The zero-order valence-corrected chi connectivity index (χ0v) is 26.6. The van der Waals surface area contributed by atoms with Gasteiger partial charge in [0.25, 0.3) is 5.91 Å². The number of carbonyl (C=O) groups is 1. The lowest BCUT2D eigenvalue weighted by Gasteiger charge is -2.43. The van der Waals surface area contributed by atoms with Crippen LogP contribution in [0.4, 0.5) is 23.2 Å². The Bertz CT molecular complexity index is 1550. The minimum absolute atomic E-state index is 0.0164. The number of carbonyl (C=O) groups excluding carboxylic acids is 1. The van der Waals surface area contributed by atoms with Gasteiger partial charge in [0.15, 0.2) is 12.0 Å². The van der Waals surface area contributed by atoms with Gasteiger partial charge in [-0.2, -0.15) is 13.2 Å².